The fraction of sp³-hybridized carbons (Fsp3) is 0.0526. The highest BCUT2D eigenvalue weighted by Gasteiger charge is 2.06. The standard InChI is InChI=1S/C19H16FN5O/c1-3-17(8-15(9-21)13(2)20)25-19(26)5-4-14-10-22-7-6-18(14)16-11-23-24-12-16/h3-8,10-12H,2H2,1H3,(H,23,24)(H,25,26)/b5-4+,15-8-,17-3+. The van der Waals surface area contributed by atoms with Crippen LogP contribution in [0.2, 0.25) is 0 Å². The summed E-state index contributed by atoms with van der Waals surface area (Å²) in [4.78, 5) is 16.2. The molecule has 0 radical (unpaired) electrons. The lowest BCUT2D eigenvalue weighted by atomic mass is 10.0. The van der Waals surface area contributed by atoms with E-state index in [-0.39, 0.29) is 11.3 Å². The molecule has 0 unspecified atom stereocenters. The lowest BCUT2D eigenvalue weighted by Crippen LogP contribution is -2.19. The van der Waals surface area contributed by atoms with E-state index in [1.807, 2.05) is 6.07 Å². The van der Waals surface area contributed by atoms with Crippen molar-refractivity contribution in [2.24, 2.45) is 0 Å². The van der Waals surface area contributed by atoms with E-state index < -0.39 is 11.7 Å². The quantitative estimate of drug-likeness (QED) is 0.474. The van der Waals surface area contributed by atoms with Crippen LogP contribution in [0.25, 0.3) is 17.2 Å². The number of allylic oxidation sites excluding steroid dienone is 4. The van der Waals surface area contributed by atoms with Gasteiger partial charge in [-0.05, 0) is 30.7 Å². The van der Waals surface area contributed by atoms with Gasteiger partial charge in [-0.1, -0.05) is 12.7 Å². The molecule has 0 spiro atoms. The molecule has 2 N–H and O–H groups in total. The second-order valence-corrected chi connectivity index (χ2v) is 5.09. The van der Waals surface area contributed by atoms with Gasteiger partial charge < -0.3 is 5.32 Å². The Morgan fingerprint density at radius 1 is 1.46 bits per heavy atom. The number of carbonyl (C=O) groups is 1. The van der Waals surface area contributed by atoms with Crippen LogP contribution in [0.3, 0.4) is 0 Å². The lowest BCUT2D eigenvalue weighted by Gasteiger charge is -2.04. The van der Waals surface area contributed by atoms with Crippen molar-refractivity contribution in [2.75, 3.05) is 0 Å². The Bertz CT molecular complexity index is 933. The Kier molecular flexibility index (Phi) is 6.34. The molecule has 0 bridgehead atoms. The smallest absolute Gasteiger partial charge is 0.248 e. The van der Waals surface area contributed by atoms with Crippen LogP contribution >= 0.6 is 0 Å². The fourth-order valence-electron chi connectivity index (χ4n) is 2.07. The number of amides is 1. The first-order valence-electron chi connectivity index (χ1n) is 7.60. The van der Waals surface area contributed by atoms with Crippen LogP contribution in [-0.4, -0.2) is 21.1 Å². The molecule has 2 aromatic heterocycles. The average Bonchev–Trinajstić information content (AvgIpc) is 3.17. The van der Waals surface area contributed by atoms with E-state index in [4.69, 9.17) is 5.26 Å². The van der Waals surface area contributed by atoms with E-state index in [1.165, 1.54) is 12.2 Å². The number of aromatic nitrogens is 3. The zero-order chi connectivity index (χ0) is 18.9. The number of carbonyl (C=O) groups excluding carboxylic acids is 1. The summed E-state index contributed by atoms with van der Waals surface area (Å²) in [7, 11) is 0. The molecule has 0 aromatic carbocycles. The van der Waals surface area contributed by atoms with Gasteiger partial charge in [0.05, 0.1) is 11.8 Å². The fourth-order valence-corrected chi connectivity index (χ4v) is 2.07. The molecule has 1 amide bonds. The maximum absolute atomic E-state index is 13.1. The van der Waals surface area contributed by atoms with Gasteiger partial charge in [0.25, 0.3) is 0 Å². The van der Waals surface area contributed by atoms with E-state index in [0.717, 1.165) is 16.7 Å². The van der Waals surface area contributed by atoms with Crippen LogP contribution in [0.5, 0.6) is 0 Å². The summed E-state index contributed by atoms with van der Waals surface area (Å²) in [5, 5.41) is 18.1. The number of aromatic amines is 1. The van der Waals surface area contributed by atoms with Crippen molar-refractivity contribution in [3.63, 3.8) is 0 Å². The van der Waals surface area contributed by atoms with Gasteiger partial charge in [-0.3, -0.25) is 14.9 Å². The second kappa shape index (κ2) is 8.89. The third kappa shape index (κ3) is 4.85. The molecule has 7 heteroatoms. The summed E-state index contributed by atoms with van der Waals surface area (Å²) >= 11 is 0. The molecular formula is C19H16FN5O. The van der Waals surface area contributed by atoms with E-state index in [0.29, 0.717) is 0 Å². The minimum Gasteiger partial charge on any atom is -0.323 e. The van der Waals surface area contributed by atoms with E-state index in [9.17, 15) is 9.18 Å². The number of nitrogens with one attached hydrogen (secondary N) is 2. The first-order valence-corrected chi connectivity index (χ1v) is 7.60. The summed E-state index contributed by atoms with van der Waals surface area (Å²) in [6, 6.07) is 3.49. The zero-order valence-electron chi connectivity index (χ0n) is 14.0. The van der Waals surface area contributed by atoms with Gasteiger partial charge in [-0.2, -0.15) is 10.4 Å². The topological polar surface area (TPSA) is 94.5 Å². The molecule has 0 atom stereocenters. The van der Waals surface area contributed by atoms with Crippen LogP contribution in [0, 0.1) is 11.3 Å². The van der Waals surface area contributed by atoms with Gasteiger partial charge in [0, 0.05) is 41.5 Å². The Hall–Kier alpha value is -3.79. The van der Waals surface area contributed by atoms with Crippen molar-refractivity contribution in [3.05, 3.63) is 78.3 Å². The maximum Gasteiger partial charge on any atom is 0.248 e. The molecule has 2 heterocycles. The first kappa shape index (κ1) is 18.5. The van der Waals surface area contributed by atoms with E-state index in [1.54, 1.807) is 49.9 Å². The molecule has 0 aliphatic rings. The highest BCUT2D eigenvalue weighted by molar-refractivity contribution is 5.94. The normalized spacial score (nSPS) is 12.0. The Balaban J connectivity index is 2.16. The molecule has 2 rings (SSSR count). The molecule has 6 nitrogen and oxygen atoms in total. The minimum atomic E-state index is -0.864. The summed E-state index contributed by atoms with van der Waals surface area (Å²) in [5.74, 6) is -1.30. The molecule has 0 fully saturated rings. The van der Waals surface area contributed by atoms with Gasteiger partial charge in [0.2, 0.25) is 5.91 Å². The minimum absolute atomic E-state index is 0.253. The number of nitrogens with zero attached hydrogens (tertiary/aromatic N) is 3. The Labute approximate surface area is 150 Å². The van der Waals surface area contributed by atoms with E-state index >= 15 is 0 Å². The number of halogens is 1. The average molecular weight is 349 g/mol. The van der Waals surface area contributed by atoms with Crippen molar-refractivity contribution < 1.29 is 9.18 Å². The van der Waals surface area contributed by atoms with Crippen molar-refractivity contribution in [1.29, 1.82) is 5.26 Å². The number of hydrogen-bond donors (Lipinski definition) is 2. The van der Waals surface area contributed by atoms with Crippen molar-refractivity contribution in [2.45, 2.75) is 6.92 Å². The monoisotopic (exact) mass is 349 g/mol. The Morgan fingerprint density at radius 2 is 2.27 bits per heavy atom. The highest BCUT2D eigenvalue weighted by Crippen LogP contribution is 2.22. The first-order chi connectivity index (χ1) is 12.5. The summed E-state index contributed by atoms with van der Waals surface area (Å²) in [5.41, 5.74) is 2.50. The number of pyridine rings is 1. The SMILES string of the molecule is C=C(F)/C(C#N)=C\C(=C/C)NC(=O)/C=C/c1cnccc1-c1cn[nH]c1. The van der Waals surface area contributed by atoms with Gasteiger partial charge in [0.15, 0.2) is 0 Å². The molecular weight excluding hydrogens is 333 g/mol. The predicted octanol–water partition coefficient (Wildman–Crippen LogP) is 3.44. The molecule has 0 saturated carbocycles. The number of rotatable bonds is 6. The lowest BCUT2D eigenvalue weighted by molar-refractivity contribution is -0.115. The van der Waals surface area contributed by atoms with Crippen LogP contribution in [0.15, 0.2) is 72.8 Å². The maximum atomic E-state index is 13.1. The van der Waals surface area contributed by atoms with Gasteiger partial charge in [-0.15, -0.1) is 0 Å². The Morgan fingerprint density at radius 3 is 2.88 bits per heavy atom. The van der Waals surface area contributed by atoms with Crippen LogP contribution in [0.4, 0.5) is 4.39 Å². The van der Waals surface area contributed by atoms with Crippen molar-refractivity contribution in [1.82, 2.24) is 20.5 Å². The van der Waals surface area contributed by atoms with Crippen molar-refractivity contribution in [3.8, 4) is 17.2 Å². The second-order valence-electron chi connectivity index (χ2n) is 5.09. The molecule has 0 aliphatic heterocycles. The molecule has 130 valence electrons. The highest BCUT2D eigenvalue weighted by atomic mass is 19.1. The molecule has 2 aromatic rings. The summed E-state index contributed by atoms with van der Waals surface area (Å²) in [6.45, 7) is 4.73. The third-order valence-electron chi connectivity index (χ3n) is 3.37. The predicted molar refractivity (Wildman–Crippen MR) is 96.7 cm³/mol. The third-order valence-corrected chi connectivity index (χ3v) is 3.37. The molecule has 26 heavy (non-hydrogen) atoms. The van der Waals surface area contributed by atoms with Crippen molar-refractivity contribution >= 4 is 12.0 Å². The molecule has 0 saturated heterocycles. The summed E-state index contributed by atoms with van der Waals surface area (Å²) in [6.07, 6.45) is 12.4. The molecule has 0 aliphatic carbocycles. The number of H-pyrrole nitrogens is 1. The van der Waals surface area contributed by atoms with Crippen LogP contribution < -0.4 is 5.32 Å². The summed E-state index contributed by atoms with van der Waals surface area (Å²) < 4.78 is 13.1. The van der Waals surface area contributed by atoms with Gasteiger partial charge in [0.1, 0.15) is 11.9 Å². The van der Waals surface area contributed by atoms with Gasteiger partial charge >= 0.3 is 0 Å². The van der Waals surface area contributed by atoms with Crippen LogP contribution in [0.1, 0.15) is 12.5 Å². The zero-order valence-corrected chi connectivity index (χ0v) is 14.0. The largest absolute Gasteiger partial charge is 0.323 e. The van der Waals surface area contributed by atoms with Gasteiger partial charge in [-0.25, -0.2) is 4.39 Å². The van der Waals surface area contributed by atoms with Crippen LogP contribution in [-0.2, 0) is 4.79 Å². The number of hydrogen-bond acceptors (Lipinski definition) is 4. The van der Waals surface area contributed by atoms with E-state index in [2.05, 4.69) is 27.1 Å². The number of nitriles is 1.